The van der Waals surface area contributed by atoms with Crippen LogP contribution in [0.3, 0.4) is 0 Å². The average molecular weight is 405 g/mol. The molecule has 1 aliphatic rings. The molecule has 154 valence electrons. The van der Waals surface area contributed by atoms with Crippen LogP contribution in [0.25, 0.3) is 11.1 Å². The van der Waals surface area contributed by atoms with Crippen molar-refractivity contribution in [1.82, 2.24) is 14.7 Å². The summed E-state index contributed by atoms with van der Waals surface area (Å²) in [4.78, 5) is 27.4. The first-order valence-electron chi connectivity index (χ1n) is 10.2. The lowest BCUT2D eigenvalue weighted by atomic mass is 9.96. The number of halogens is 1. The molecular weight excluding hydrogens is 381 g/mol. The maximum atomic E-state index is 13.0. The predicted octanol–water partition coefficient (Wildman–Crippen LogP) is 3.64. The number of rotatable bonds is 6. The fraction of sp³-hybridized carbons (Fsp3) is 0.292. The van der Waals surface area contributed by atoms with E-state index in [2.05, 4.69) is 10.00 Å². The fourth-order valence-electron chi connectivity index (χ4n) is 3.92. The van der Waals surface area contributed by atoms with E-state index in [1.54, 1.807) is 16.9 Å². The molecule has 0 spiro atoms. The van der Waals surface area contributed by atoms with Crippen molar-refractivity contribution < 1.29 is 9.18 Å². The van der Waals surface area contributed by atoms with E-state index in [4.69, 9.17) is 0 Å². The summed E-state index contributed by atoms with van der Waals surface area (Å²) in [7, 11) is 0. The van der Waals surface area contributed by atoms with Gasteiger partial charge in [0.1, 0.15) is 5.82 Å². The minimum Gasteiger partial charge on any atom is -0.296 e. The predicted molar refractivity (Wildman–Crippen MR) is 114 cm³/mol. The molecule has 0 radical (unpaired) electrons. The Morgan fingerprint density at radius 2 is 1.70 bits per heavy atom. The van der Waals surface area contributed by atoms with Crippen molar-refractivity contribution in [2.75, 3.05) is 19.6 Å². The largest absolute Gasteiger partial charge is 0.296 e. The van der Waals surface area contributed by atoms with E-state index < -0.39 is 0 Å². The second-order valence-corrected chi connectivity index (χ2v) is 7.75. The summed E-state index contributed by atoms with van der Waals surface area (Å²) in [5.41, 5.74) is 2.02. The van der Waals surface area contributed by atoms with Crippen LogP contribution in [0.2, 0.25) is 0 Å². The van der Waals surface area contributed by atoms with Crippen LogP contribution in [0, 0.1) is 11.7 Å². The van der Waals surface area contributed by atoms with E-state index in [0.29, 0.717) is 30.1 Å². The number of hydrogen-bond acceptors (Lipinski definition) is 4. The molecule has 2 aromatic carbocycles. The average Bonchev–Trinajstić information content (AvgIpc) is 2.77. The second-order valence-electron chi connectivity index (χ2n) is 7.75. The number of benzene rings is 2. The molecule has 4 rings (SSSR count). The molecule has 5 nitrogen and oxygen atoms in total. The Balaban J connectivity index is 1.35. The highest BCUT2D eigenvalue weighted by Crippen LogP contribution is 2.20. The molecule has 1 saturated heterocycles. The van der Waals surface area contributed by atoms with Gasteiger partial charge in [-0.1, -0.05) is 30.3 Å². The Kier molecular flexibility index (Phi) is 6.14. The topological polar surface area (TPSA) is 55.2 Å². The first kappa shape index (κ1) is 20.2. The first-order chi connectivity index (χ1) is 14.6. The third kappa shape index (κ3) is 4.71. The van der Waals surface area contributed by atoms with E-state index in [1.807, 2.05) is 30.3 Å². The number of Topliss-reactive ketones (excluding diaryl/α,β-unsaturated/α-hetero) is 1. The molecule has 0 atom stereocenters. The van der Waals surface area contributed by atoms with Gasteiger partial charge in [0, 0.05) is 18.3 Å². The first-order valence-corrected chi connectivity index (χ1v) is 10.2. The second kappa shape index (κ2) is 9.13. The summed E-state index contributed by atoms with van der Waals surface area (Å²) < 4.78 is 14.6. The lowest BCUT2D eigenvalue weighted by Gasteiger charge is -2.31. The van der Waals surface area contributed by atoms with Crippen molar-refractivity contribution in [2.45, 2.75) is 19.4 Å². The number of ketones is 1. The van der Waals surface area contributed by atoms with Crippen molar-refractivity contribution >= 4 is 5.78 Å². The molecule has 6 heteroatoms. The van der Waals surface area contributed by atoms with Crippen molar-refractivity contribution in [3.8, 4) is 11.1 Å². The summed E-state index contributed by atoms with van der Waals surface area (Å²) >= 11 is 0. The quantitative estimate of drug-likeness (QED) is 0.588. The number of hydrogen-bond donors (Lipinski definition) is 0. The van der Waals surface area contributed by atoms with Gasteiger partial charge in [-0.15, -0.1) is 0 Å². The van der Waals surface area contributed by atoms with Crippen LogP contribution < -0.4 is 5.56 Å². The van der Waals surface area contributed by atoms with E-state index in [1.165, 1.54) is 24.3 Å². The SMILES string of the molecule is O=C(CN1CCC(Cn2nccc(-c3ccccc3)c2=O)CC1)c1ccc(F)cc1. The summed E-state index contributed by atoms with van der Waals surface area (Å²) in [5.74, 6) is 0.00726. The van der Waals surface area contributed by atoms with Gasteiger partial charge in [-0.3, -0.25) is 14.5 Å². The minimum atomic E-state index is -0.340. The Bertz CT molecular complexity index is 1060. The summed E-state index contributed by atoms with van der Waals surface area (Å²) in [6, 6.07) is 17.1. The maximum absolute atomic E-state index is 13.0. The summed E-state index contributed by atoms with van der Waals surface area (Å²) in [6.07, 6.45) is 3.49. The van der Waals surface area contributed by atoms with Crippen molar-refractivity contribution in [1.29, 1.82) is 0 Å². The van der Waals surface area contributed by atoms with Crippen molar-refractivity contribution in [2.24, 2.45) is 5.92 Å². The molecule has 3 aromatic rings. The zero-order valence-electron chi connectivity index (χ0n) is 16.7. The zero-order valence-corrected chi connectivity index (χ0v) is 16.7. The molecule has 0 amide bonds. The number of nitrogens with zero attached hydrogens (tertiary/aromatic N) is 3. The Hall–Kier alpha value is -3.12. The van der Waals surface area contributed by atoms with Crippen molar-refractivity contribution in [3.63, 3.8) is 0 Å². The highest BCUT2D eigenvalue weighted by Gasteiger charge is 2.22. The molecule has 1 fully saturated rings. The number of aromatic nitrogens is 2. The van der Waals surface area contributed by atoms with Gasteiger partial charge < -0.3 is 0 Å². The van der Waals surface area contributed by atoms with Crippen LogP contribution in [0.5, 0.6) is 0 Å². The van der Waals surface area contributed by atoms with Gasteiger partial charge in [-0.25, -0.2) is 9.07 Å². The molecule has 2 heterocycles. The molecular formula is C24H24FN3O2. The summed E-state index contributed by atoms with van der Waals surface area (Å²) in [6.45, 7) is 2.51. The molecule has 0 N–H and O–H groups in total. The molecule has 1 aliphatic heterocycles. The molecule has 0 saturated carbocycles. The standard InChI is InChI=1S/C24H24FN3O2/c25-21-8-6-20(7-9-21)23(29)17-27-14-11-18(12-15-27)16-28-24(30)22(10-13-26-28)19-4-2-1-3-5-19/h1-10,13,18H,11-12,14-17H2. The van der Waals surface area contributed by atoms with Gasteiger partial charge in [-0.2, -0.15) is 5.10 Å². The van der Waals surface area contributed by atoms with E-state index in [9.17, 15) is 14.0 Å². The highest BCUT2D eigenvalue weighted by molar-refractivity contribution is 5.97. The summed E-state index contributed by atoms with van der Waals surface area (Å²) in [5, 5.41) is 4.28. The highest BCUT2D eigenvalue weighted by atomic mass is 19.1. The third-order valence-electron chi connectivity index (χ3n) is 5.67. The Morgan fingerprint density at radius 3 is 2.40 bits per heavy atom. The van der Waals surface area contributed by atoms with Gasteiger partial charge in [0.25, 0.3) is 5.56 Å². The van der Waals surface area contributed by atoms with Crippen LogP contribution in [-0.4, -0.2) is 40.1 Å². The lowest BCUT2D eigenvalue weighted by Crippen LogP contribution is -2.39. The smallest absolute Gasteiger partial charge is 0.274 e. The van der Waals surface area contributed by atoms with Gasteiger partial charge in [0.2, 0.25) is 0 Å². The molecule has 30 heavy (non-hydrogen) atoms. The van der Waals surface area contributed by atoms with Gasteiger partial charge >= 0.3 is 0 Å². The fourth-order valence-corrected chi connectivity index (χ4v) is 3.92. The van der Waals surface area contributed by atoms with E-state index in [-0.39, 0.29) is 17.2 Å². The lowest BCUT2D eigenvalue weighted by molar-refractivity contribution is 0.0888. The van der Waals surface area contributed by atoms with Crippen LogP contribution in [0.1, 0.15) is 23.2 Å². The zero-order chi connectivity index (χ0) is 20.9. The molecule has 0 unspecified atom stereocenters. The van der Waals surface area contributed by atoms with Gasteiger partial charge in [0.15, 0.2) is 5.78 Å². The molecule has 0 aliphatic carbocycles. The molecule has 0 bridgehead atoms. The van der Waals surface area contributed by atoms with E-state index in [0.717, 1.165) is 31.5 Å². The molecule has 1 aromatic heterocycles. The van der Waals surface area contributed by atoms with Gasteiger partial charge in [0.05, 0.1) is 12.1 Å². The van der Waals surface area contributed by atoms with Crippen LogP contribution >= 0.6 is 0 Å². The van der Waals surface area contributed by atoms with Crippen LogP contribution in [-0.2, 0) is 6.54 Å². The normalized spacial score (nSPS) is 15.2. The minimum absolute atomic E-state index is 0.00176. The Morgan fingerprint density at radius 1 is 1.00 bits per heavy atom. The van der Waals surface area contributed by atoms with Crippen LogP contribution in [0.15, 0.2) is 71.7 Å². The number of carbonyl (C=O) groups excluding carboxylic acids is 1. The van der Waals surface area contributed by atoms with Gasteiger partial charge in [-0.05, 0) is 67.7 Å². The third-order valence-corrected chi connectivity index (χ3v) is 5.67. The number of carbonyl (C=O) groups is 1. The number of likely N-dealkylation sites (tertiary alicyclic amines) is 1. The van der Waals surface area contributed by atoms with Crippen molar-refractivity contribution in [3.05, 3.63) is 88.6 Å². The Labute approximate surface area is 174 Å². The number of piperidine rings is 1. The monoisotopic (exact) mass is 405 g/mol. The van der Waals surface area contributed by atoms with Crippen LogP contribution in [0.4, 0.5) is 4.39 Å². The van der Waals surface area contributed by atoms with E-state index >= 15 is 0 Å². The maximum Gasteiger partial charge on any atom is 0.274 e.